The first-order valence-corrected chi connectivity index (χ1v) is 5.36. The van der Waals surface area contributed by atoms with Crippen LogP contribution in [0.1, 0.15) is 12.6 Å². The molecule has 0 saturated carbocycles. The average molecular weight is 247 g/mol. The Morgan fingerprint density at radius 1 is 1.56 bits per heavy atom. The Labute approximate surface area is 104 Å². The van der Waals surface area contributed by atoms with Crippen LogP contribution in [0.25, 0.3) is 17.0 Å². The maximum absolute atomic E-state index is 10.6. The van der Waals surface area contributed by atoms with Gasteiger partial charge in [-0.1, -0.05) is 0 Å². The number of aryl methyl sites for hydroxylation is 1. The molecule has 0 bridgehead atoms. The van der Waals surface area contributed by atoms with E-state index < -0.39 is 4.92 Å². The van der Waals surface area contributed by atoms with Crippen molar-refractivity contribution >= 4 is 17.0 Å². The van der Waals surface area contributed by atoms with Crippen molar-refractivity contribution in [2.75, 3.05) is 7.11 Å². The van der Waals surface area contributed by atoms with E-state index in [4.69, 9.17) is 4.74 Å². The highest BCUT2D eigenvalue weighted by Gasteiger charge is 2.11. The van der Waals surface area contributed by atoms with Crippen molar-refractivity contribution in [2.45, 2.75) is 6.92 Å². The Balaban J connectivity index is 2.64. The van der Waals surface area contributed by atoms with Gasteiger partial charge in [0.05, 0.1) is 23.2 Å². The van der Waals surface area contributed by atoms with Gasteiger partial charge in [-0.15, -0.1) is 0 Å². The molecule has 2 aromatic rings. The zero-order valence-electron chi connectivity index (χ0n) is 10.4. The summed E-state index contributed by atoms with van der Waals surface area (Å²) in [6.45, 7) is 1.45. The Kier molecular flexibility index (Phi) is 3.01. The highest BCUT2D eigenvalue weighted by Crippen LogP contribution is 2.24. The molecule has 0 fully saturated rings. The van der Waals surface area contributed by atoms with Crippen molar-refractivity contribution in [1.29, 1.82) is 0 Å². The van der Waals surface area contributed by atoms with E-state index in [0.29, 0.717) is 11.4 Å². The molecule has 0 atom stereocenters. The molecule has 6 nitrogen and oxygen atoms in total. The summed E-state index contributed by atoms with van der Waals surface area (Å²) in [5.41, 5.74) is 1.52. The number of rotatable bonds is 3. The van der Waals surface area contributed by atoms with Crippen LogP contribution in [-0.2, 0) is 7.05 Å². The predicted molar refractivity (Wildman–Crippen MR) is 67.9 cm³/mol. The fraction of sp³-hybridized carbons (Fsp3) is 0.250. The van der Waals surface area contributed by atoms with Gasteiger partial charge in [-0.3, -0.25) is 14.8 Å². The van der Waals surface area contributed by atoms with Crippen LogP contribution in [0.15, 0.2) is 23.9 Å². The Bertz CT molecular complexity index is 643. The van der Waals surface area contributed by atoms with E-state index in [0.717, 1.165) is 10.9 Å². The summed E-state index contributed by atoms with van der Waals surface area (Å²) in [6.07, 6.45) is 1.46. The quantitative estimate of drug-likeness (QED) is 0.616. The first-order valence-electron chi connectivity index (χ1n) is 5.36. The standard InChI is InChI=1S/C12H13N3O3/c1-8(15(16)17)6-11-10-7-9(18-3)4-5-12(10)14(2)13-11/h4-7H,1-3H3. The van der Waals surface area contributed by atoms with E-state index in [1.54, 1.807) is 18.8 Å². The topological polar surface area (TPSA) is 70.2 Å². The molecule has 1 aromatic carbocycles. The molecule has 2 rings (SSSR count). The number of nitrogens with zero attached hydrogens (tertiary/aromatic N) is 3. The van der Waals surface area contributed by atoms with Crippen molar-refractivity contribution in [2.24, 2.45) is 7.05 Å². The highest BCUT2D eigenvalue weighted by molar-refractivity contribution is 5.88. The molecule has 0 aliphatic carbocycles. The fourth-order valence-corrected chi connectivity index (χ4v) is 1.76. The van der Waals surface area contributed by atoms with Crippen LogP contribution in [0, 0.1) is 10.1 Å². The zero-order valence-corrected chi connectivity index (χ0v) is 10.4. The predicted octanol–water partition coefficient (Wildman–Crippen LogP) is 2.22. The number of nitro groups is 1. The van der Waals surface area contributed by atoms with Crippen LogP contribution in [-0.4, -0.2) is 21.8 Å². The van der Waals surface area contributed by atoms with Gasteiger partial charge in [0.15, 0.2) is 0 Å². The van der Waals surface area contributed by atoms with E-state index >= 15 is 0 Å². The number of ether oxygens (including phenoxy) is 1. The minimum Gasteiger partial charge on any atom is -0.497 e. The summed E-state index contributed by atoms with van der Waals surface area (Å²) in [4.78, 5) is 10.2. The Hall–Kier alpha value is -2.37. The third-order valence-corrected chi connectivity index (χ3v) is 2.72. The maximum Gasteiger partial charge on any atom is 0.245 e. The van der Waals surface area contributed by atoms with Crippen LogP contribution >= 0.6 is 0 Å². The maximum atomic E-state index is 10.6. The molecule has 0 aliphatic rings. The highest BCUT2D eigenvalue weighted by atomic mass is 16.6. The minimum absolute atomic E-state index is 0.0535. The van der Waals surface area contributed by atoms with E-state index in [1.807, 2.05) is 18.2 Å². The van der Waals surface area contributed by atoms with Gasteiger partial charge in [0.1, 0.15) is 5.75 Å². The summed E-state index contributed by atoms with van der Waals surface area (Å²) in [5, 5.41) is 15.7. The van der Waals surface area contributed by atoms with E-state index in [1.165, 1.54) is 13.0 Å². The molecule has 0 saturated heterocycles. The van der Waals surface area contributed by atoms with Crippen molar-refractivity contribution in [3.63, 3.8) is 0 Å². The smallest absolute Gasteiger partial charge is 0.245 e. The molecule has 0 spiro atoms. The first-order chi connectivity index (χ1) is 8.52. The Morgan fingerprint density at radius 2 is 2.28 bits per heavy atom. The first kappa shape index (κ1) is 12.1. The summed E-state index contributed by atoms with van der Waals surface area (Å²) >= 11 is 0. The minimum atomic E-state index is -0.430. The van der Waals surface area contributed by atoms with Crippen molar-refractivity contribution in [1.82, 2.24) is 9.78 Å². The summed E-state index contributed by atoms with van der Waals surface area (Å²) in [6, 6.07) is 5.53. The van der Waals surface area contributed by atoms with Crippen LogP contribution in [0.5, 0.6) is 5.75 Å². The molecule has 0 aliphatic heterocycles. The van der Waals surface area contributed by atoms with Crippen LogP contribution in [0.3, 0.4) is 0 Å². The molecule has 1 aromatic heterocycles. The van der Waals surface area contributed by atoms with Gasteiger partial charge in [0.25, 0.3) is 0 Å². The summed E-state index contributed by atoms with van der Waals surface area (Å²) in [5.74, 6) is 0.698. The van der Waals surface area contributed by atoms with Gasteiger partial charge in [0.2, 0.25) is 5.70 Å². The number of methoxy groups -OCH3 is 1. The van der Waals surface area contributed by atoms with E-state index in [2.05, 4.69) is 5.10 Å². The second kappa shape index (κ2) is 4.48. The Morgan fingerprint density at radius 3 is 2.89 bits per heavy atom. The molecule has 0 unspecified atom stereocenters. The molecule has 6 heteroatoms. The lowest BCUT2D eigenvalue weighted by atomic mass is 10.2. The number of hydrogen-bond donors (Lipinski definition) is 0. The molecule has 18 heavy (non-hydrogen) atoms. The molecule has 0 radical (unpaired) electrons. The number of benzene rings is 1. The SMILES string of the molecule is COc1ccc2c(c1)c(C=C(C)[N+](=O)[O-])nn2C. The largest absolute Gasteiger partial charge is 0.497 e. The monoisotopic (exact) mass is 247 g/mol. The second-order valence-corrected chi connectivity index (χ2v) is 3.93. The van der Waals surface area contributed by atoms with Crippen molar-refractivity contribution in [3.8, 4) is 5.75 Å². The third-order valence-electron chi connectivity index (χ3n) is 2.72. The number of allylic oxidation sites excluding steroid dienone is 1. The second-order valence-electron chi connectivity index (χ2n) is 3.93. The van der Waals surface area contributed by atoms with Gasteiger partial charge >= 0.3 is 0 Å². The van der Waals surface area contributed by atoms with Gasteiger partial charge < -0.3 is 4.74 Å². The number of aromatic nitrogens is 2. The normalized spacial score (nSPS) is 11.8. The lowest BCUT2D eigenvalue weighted by Crippen LogP contribution is -1.94. The van der Waals surface area contributed by atoms with E-state index in [9.17, 15) is 10.1 Å². The van der Waals surface area contributed by atoms with Gasteiger partial charge in [0, 0.05) is 25.4 Å². The van der Waals surface area contributed by atoms with Crippen LogP contribution < -0.4 is 4.74 Å². The van der Waals surface area contributed by atoms with E-state index in [-0.39, 0.29) is 5.70 Å². The molecule has 94 valence electrons. The number of fused-ring (bicyclic) bond motifs is 1. The van der Waals surface area contributed by atoms with Gasteiger partial charge in [-0.05, 0) is 18.2 Å². The zero-order chi connectivity index (χ0) is 13.3. The lowest BCUT2D eigenvalue weighted by Gasteiger charge is -1.99. The third kappa shape index (κ3) is 2.04. The number of hydrogen-bond acceptors (Lipinski definition) is 4. The molecular formula is C12H13N3O3. The molecule has 0 N–H and O–H groups in total. The summed E-state index contributed by atoms with van der Waals surface area (Å²) < 4.78 is 6.84. The molecule has 0 amide bonds. The van der Waals surface area contributed by atoms with Crippen LogP contribution in [0.4, 0.5) is 0 Å². The van der Waals surface area contributed by atoms with Crippen LogP contribution in [0.2, 0.25) is 0 Å². The van der Waals surface area contributed by atoms with Crippen molar-refractivity contribution in [3.05, 3.63) is 39.7 Å². The van der Waals surface area contributed by atoms with Gasteiger partial charge in [-0.25, -0.2) is 0 Å². The van der Waals surface area contributed by atoms with Gasteiger partial charge in [-0.2, -0.15) is 5.10 Å². The average Bonchev–Trinajstić information content (AvgIpc) is 2.65. The summed E-state index contributed by atoms with van der Waals surface area (Å²) in [7, 11) is 3.38. The molecular weight excluding hydrogens is 234 g/mol. The lowest BCUT2D eigenvalue weighted by molar-refractivity contribution is -0.422. The van der Waals surface area contributed by atoms with Crippen molar-refractivity contribution < 1.29 is 9.66 Å². The fourth-order valence-electron chi connectivity index (χ4n) is 1.76. The molecule has 1 heterocycles.